The third-order valence-electron chi connectivity index (χ3n) is 4.89. The molecule has 0 aromatic heterocycles. The molecule has 1 aromatic carbocycles. The SMILES string of the molecule is Cc1cc(S(=O)(=O)N2CCC(C(=O)N3CCOCC3)CC2)ccc1F. The molecule has 8 heteroatoms. The van der Waals surface area contributed by atoms with Crippen LogP contribution in [0.4, 0.5) is 4.39 Å². The van der Waals surface area contributed by atoms with Crippen LogP contribution in [0.2, 0.25) is 0 Å². The van der Waals surface area contributed by atoms with Crippen molar-refractivity contribution in [2.24, 2.45) is 5.92 Å². The highest BCUT2D eigenvalue weighted by molar-refractivity contribution is 7.89. The maximum absolute atomic E-state index is 13.4. The lowest BCUT2D eigenvalue weighted by Crippen LogP contribution is -2.47. The number of ether oxygens (including phenoxy) is 1. The first-order valence-electron chi connectivity index (χ1n) is 8.52. The van der Waals surface area contributed by atoms with Crippen molar-refractivity contribution in [3.05, 3.63) is 29.6 Å². The summed E-state index contributed by atoms with van der Waals surface area (Å²) in [6, 6.07) is 3.83. The van der Waals surface area contributed by atoms with Crippen LogP contribution < -0.4 is 0 Å². The Labute approximate surface area is 147 Å². The van der Waals surface area contributed by atoms with Crippen LogP contribution >= 0.6 is 0 Å². The van der Waals surface area contributed by atoms with E-state index in [-0.39, 0.29) is 16.7 Å². The molecule has 2 aliphatic rings. The van der Waals surface area contributed by atoms with E-state index in [0.717, 1.165) is 0 Å². The summed E-state index contributed by atoms with van der Waals surface area (Å²) in [4.78, 5) is 14.4. The van der Waals surface area contributed by atoms with Crippen molar-refractivity contribution in [2.45, 2.75) is 24.7 Å². The van der Waals surface area contributed by atoms with Gasteiger partial charge in [-0.25, -0.2) is 12.8 Å². The van der Waals surface area contributed by atoms with Crippen LogP contribution in [0.3, 0.4) is 0 Å². The highest BCUT2D eigenvalue weighted by atomic mass is 32.2. The summed E-state index contributed by atoms with van der Waals surface area (Å²) in [6.07, 6.45) is 1.02. The summed E-state index contributed by atoms with van der Waals surface area (Å²) >= 11 is 0. The number of sulfonamides is 1. The van der Waals surface area contributed by atoms with Crippen LogP contribution in [-0.2, 0) is 19.6 Å². The van der Waals surface area contributed by atoms with Gasteiger partial charge in [-0.2, -0.15) is 4.31 Å². The third-order valence-corrected chi connectivity index (χ3v) is 6.79. The van der Waals surface area contributed by atoms with Gasteiger partial charge in [0.25, 0.3) is 0 Å². The molecule has 0 spiro atoms. The summed E-state index contributed by atoms with van der Waals surface area (Å²) in [7, 11) is -3.65. The Bertz CT molecular complexity index is 739. The maximum Gasteiger partial charge on any atom is 0.243 e. The van der Waals surface area contributed by atoms with Gasteiger partial charge in [0.2, 0.25) is 15.9 Å². The van der Waals surface area contributed by atoms with Gasteiger partial charge in [0.1, 0.15) is 5.82 Å². The molecule has 2 fully saturated rings. The zero-order chi connectivity index (χ0) is 18.0. The average Bonchev–Trinajstić information content (AvgIpc) is 2.64. The predicted molar refractivity (Wildman–Crippen MR) is 90.0 cm³/mol. The van der Waals surface area contributed by atoms with Crippen molar-refractivity contribution in [2.75, 3.05) is 39.4 Å². The Morgan fingerprint density at radius 3 is 2.40 bits per heavy atom. The molecule has 0 aliphatic carbocycles. The Morgan fingerprint density at radius 1 is 1.16 bits per heavy atom. The number of piperidine rings is 1. The molecular weight excluding hydrogens is 347 g/mol. The summed E-state index contributed by atoms with van der Waals surface area (Å²) in [5.41, 5.74) is 0.304. The third kappa shape index (κ3) is 3.86. The van der Waals surface area contributed by atoms with Gasteiger partial charge < -0.3 is 9.64 Å². The van der Waals surface area contributed by atoms with E-state index in [1.54, 1.807) is 6.92 Å². The Morgan fingerprint density at radius 2 is 1.80 bits per heavy atom. The molecule has 2 aliphatic heterocycles. The van der Waals surface area contributed by atoms with Crippen LogP contribution in [-0.4, -0.2) is 62.9 Å². The molecule has 2 heterocycles. The number of benzene rings is 1. The second-order valence-electron chi connectivity index (χ2n) is 6.53. The minimum atomic E-state index is -3.65. The number of carbonyl (C=O) groups is 1. The summed E-state index contributed by atoms with van der Waals surface area (Å²) < 4.78 is 45.5. The standard InChI is InChI=1S/C17H23FN2O4S/c1-13-12-15(2-3-16(13)18)25(22,23)20-6-4-14(5-7-20)17(21)19-8-10-24-11-9-19/h2-3,12,14H,4-11H2,1H3. The number of hydrogen-bond donors (Lipinski definition) is 0. The fourth-order valence-electron chi connectivity index (χ4n) is 3.31. The average molecular weight is 370 g/mol. The highest BCUT2D eigenvalue weighted by Crippen LogP contribution is 2.26. The molecule has 138 valence electrons. The van der Waals surface area contributed by atoms with E-state index in [9.17, 15) is 17.6 Å². The normalized spacial score (nSPS) is 20.6. The number of nitrogens with zero attached hydrogens (tertiary/aromatic N) is 2. The van der Waals surface area contributed by atoms with E-state index < -0.39 is 15.8 Å². The van der Waals surface area contributed by atoms with Gasteiger partial charge in [-0.15, -0.1) is 0 Å². The first-order valence-corrected chi connectivity index (χ1v) is 9.96. The van der Waals surface area contributed by atoms with Crippen molar-refractivity contribution >= 4 is 15.9 Å². The van der Waals surface area contributed by atoms with E-state index in [2.05, 4.69) is 0 Å². The second kappa shape index (κ2) is 7.39. The lowest BCUT2D eigenvalue weighted by Gasteiger charge is -2.35. The number of hydrogen-bond acceptors (Lipinski definition) is 4. The van der Waals surface area contributed by atoms with E-state index in [0.29, 0.717) is 57.8 Å². The smallest absolute Gasteiger partial charge is 0.243 e. The highest BCUT2D eigenvalue weighted by Gasteiger charge is 2.34. The molecule has 0 unspecified atom stereocenters. The number of morpholine rings is 1. The van der Waals surface area contributed by atoms with Gasteiger partial charge in [0.15, 0.2) is 0 Å². The number of halogens is 1. The molecule has 1 amide bonds. The van der Waals surface area contributed by atoms with Crippen LogP contribution in [0.15, 0.2) is 23.1 Å². The number of carbonyl (C=O) groups excluding carboxylic acids is 1. The van der Waals surface area contributed by atoms with E-state index in [4.69, 9.17) is 4.74 Å². The summed E-state index contributed by atoms with van der Waals surface area (Å²) in [6.45, 7) is 4.48. The largest absolute Gasteiger partial charge is 0.378 e. The lowest BCUT2D eigenvalue weighted by molar-refractivity contribution is -0.140. The van der Waals surface area contributed by atoms with Crippen molar-refractivity contribution < 1.29 is 22.3 Å². The predicted octanol–water partition coefficient (Wildman–Crippen LogP) is 1.39. The van der Waals surface area contributed by atoms with Gasteiger partial charge in [-0.05, 0) is 43.5 Å². The minimum absolute atomic E-state index is 0.0953. The van der Waals surface area contributed by atoms with Gasteiger partial charge >= 0.3 is 0 Å². The minimum Gasteiger partial charge on any atom is -0.378 e. The first-order chi connectivity index (χ1) is 11.9. The summed E-state index contributed by atoms with van der Waals surface area (Å²) in [5, 5.41) is 0. The number of rotatable bonds is 3. The van der Waals surface area contributed by atoms with Gasteiger partial charge in [-0.1, -0.05) is 0 Å². The quantitative estimate of drug-likeness (QED) is 0.807. The molecule has 6 nitrogen and oxygen atoms in total. The fraction of sp³-hybridized carbons (Fsp3) is 0.588. The monoisotopic (exact) mass is 370 g/mol. The van der Waals surface area contributed by atoms with Crippen LogP contribution in [0.1, 0.15) is 18.4 Å². The van der Waals surface area contributed by atoms with Crippen molar-refractivity contribution in [3.8, 4) is 0 Å². The lowest BCUT2D eigenvalue weighted by atomic mass is 9.96. The zero-order valence-corrected chi connectivity index (χ0v) is 15.1. The van der Waals surface area contributed by atoms with E-state index in [1.807, 2.05) is 4.90 Å². The molecule has 25 heavy (non-hydrogen) atoms. The number of aryl methyl sites for hydroxylation is 1. The second-order valence-corrected chi connectivity index (χ2v) is 8.46. The van der Waals surface area contributed by atoms with Crippen LogP contribution in [0.5, 0.6) is 0 Å². The Hall–Kier alpha value is -1.51. The first kappa shape index (κ1) is 18.3. The summed E-state index contributed by atoms with van der Waals surface area (Å²) in [5.74, 6) is -0.466. The van der Waals surface area contributed by atoms with Crippen LogP contribution in [0.25, 0.3) is 0 Å². The maximum atomic E-state index is 13.4. The van der Waals surface area contributed by atoms with Gasteiger partial charge in [-0.3, -0.25) is 4.79 Å². The molecule has 0 atom stereocenters. The van der Waals surface area contributed by atoms with Gasteiger partial charge in [0, 0.05) is 32.1 Å². The Balaban J connectivity index is 1.64. The molecule has 0 N–H and O–H groups in total. The Kier molecular flexibility index (Phi) is 5.41. The molecule has 2 saturated heterocycles. The molecular formula is C17H23FN2O4S. The van der Waals surface area contributed by atoms with Crippen molar-refractivity contribution in [1.29, 1.82) is 0 Å². The zero-order valence-electron chi connectivity index (χ0n) is 14.3. The van der Waals surface area contributed by atoms with Crippen LogP contribution in [0, 0.1) is 18.7 Å². The van der Waals surface area contributed by atoms with Gasteiger partial charge in [0.05, 0.1) is 18.1 Å². The van der Waals surface area contributed by atoms with E-state index >= 15 is 0 Å². The van der Waals surface area contributed by atoms with Crippen molar-refractivity contribution in [1.82, 2.24) is 9.21 Å². The molecule has 0 radical (unpaired) electrons. The van der Waals surface area contributed by atoms with E-state index in [1.165, 1.54) is 22.5 Å². The topological polar surface area (TPSA) is 66.9 Å². The molecule has 0 saturated carbocycles. The fourth-order valence-corrected chi connectivity index (χ4v) is 4.87. The molecule has 1 aromatic rings. The molecule has 0 bridgehead atoms. The number of amides is 1. The van der Waals surface area contributed by atoms with Crippen molar-refractivity contribution in [3.63, 3.8) is 0 Å². The molecule has 3 rings (SSSR count).